The molecule has 0 unspecified atom stereocenters. The summed E-state index contributed by atoms with van der Waals surface area (Å²) in [5.74, 6) is 0.338. The number of amides is 2. The maximum Gasteiger partial charge on any atom is 0.226 e. The van der Waals surface area contributed by atoms with Crippen LogP contribution < -0.4 is 10.1 Å². The second-order valence-corrected chi connectivity index (χ2v) is 6.00. The first-order valence-electron chi connectivity index (χ1n) is 8.44. The first-order chi connectivity index (χ1) is 11.6. The smallest absolute Gasteiger partial charge is 0.226 e. The summed E-state index contributed by atoms with van der Waals surface area (Å²) in [4.78, 5) is 26.8. The Hall–Kier alpha value is -2.30. The molecule has 1 aliphatic heterocycles. The summed E-state index contributed by atoms with van der Waals surface area (Å²) in [5, 5.41) is 2.83. The van der Waals surface area contributed by atoms with Crippen LogP contribution >= 0.6 is 0 Å². The van der Waals surface area contributed by atoms with Gasteiger partial charge in [0.1, 0.15) is 5.75 Å². The summed E-state index contributed by atoms with van der Waals surface area (Å²) in [6, 6.07) is 7.40. The van der Waals surface area contributed by atoms with Crippen molar-refractivity contribution < 1.29 is 14.3 Å². The lowest BCUT2D eigenvalue weighted by atomic mass is 9.92. The lowest BCUT2D eigenvalue weighted by molar-refractivity contribution is -0.129. The van der Waals surface area contributed by atoms with Crippen LogP contribution in [0.1, 0.15) is 37.8 Å². The van der Waals surface area contributed by atoms with Crippen molar-refractivity contribution in [1.29, 1.82) is 0 Å². The second kappa shape index (κ2) is 8.52. The van der Waals surface area contributed by atoms with Crippen molar-refractivity contribution in [3.05, 3.63) is 42.5 Å². The van der Waals surface area contributed by atoms with E-state index in [1.807, 2.05) is 29.2 Å². The molecule has 1 aliphatic rings. The fraction of sp³-hybridized carbons (Fsp3) is 0.474. The van der Waals surface area contributed by atoms with E-state index >= 15 is 0 Å². The lowest BCUT2D eigenvalue weighted by Crippen LogP contribution is -2.36. The van der Waals surface area contributed by atoms with Crippen molar-refractivity contribution >= 4 is 11.8 Å². The number of carbonyl (C=O) groups is 2. The highest BCUT2D eigenvalue weighted by molar-refractivity contribution is 5.90. The van der Waals surface area contributed by atoms with Gasteiger partial charge in [0, 0.05) is 19.5 Å². The first-order valence-corrected chi connectivity index (χ1v) is 8.44. The fourth-order valence-electron chi connectivity index (χ4n) is 3.13. The van der Waals surface area contributed by atoms with Crippen molar-refractivity contribution in [3.63, 3.8) is 0 Å². The maximum absolute atomic E-state index is 12.5. The molecule has 1 saturated heterocycles. The molecule has 0 bridgehead atoms. The molecule has 1 aromatic rings. The van der Waals surface area contributed by atoms with E-state index in [0.717, 1.165) is 24.2 Å². The molecule has 2 amide bonds. The van der Waals surface area contributed by atoms with E-state index in [0.29, 0.717) is 13.1 Å². The minimum Gasteiger partial charge on any atom is -0.497 e. The molecular weight excluding hydrogens is 304 g/mol. The molecule has 2 atom stereocenters. The normalized spacial score (nSPS) is 20.1. The monoisotopic (exact) mass is 330 g/mol. The summed E-state index contributed by atoms with van der Waals surface area (Å²) >= 11 is 0. The number of benzene rings is 1. The summed E-state index contributed by atoms with van der Waals surface area (Å²) in [5.41, 5.74) is 0.969. The summed E-state index contributed by atoms with van der Waals surface area (Å²) in [7, 11) is 1.62. The van der Waals surface area contributed by atoms with Gasteiger partial charge < -0.3 is 15.0 Å². The standard InChI is InChI=1S/C19H26N2O3/c1-4-6-12-21-17(22)13-16(19(23)20-11-5-2)18(21)14-7-9-15(24-3)10-8-14/h5,7-10,16,18H,2,4,6,11-13H2,1,3H3,(H,20,23)/t16-,18-/m0/s1. The molecule has 1 heterocycles. The van der Waals surface area contributed by atoms with Gasteiger partial charge in [-0.05, 0) is 24.1 Å². The SMILES string of the molecule is C=CCNC(=O)[C@H]1CC(=O)N(CCCC)[C@H]1c1ccc(OC)cc1. The predicted molar refractivity (Wildman–Crippen MR) is 93.7 cm³/mol. The third kappa shape index (κ3) is 3.96. The molecule has 2 rings (SSSR count). The van der Waals surface area contributed by atoms with Gasteiger partial charge in [0.25, 0.3) is 0 Å². The van der Waals surface area contributed by atoms with Crippen molar-refractivity contribution in [3.8, 4) is 5.75 Å². The van der Waals surface area contributed by atoms with Crippen LogP contribution in [-0.4, -0.2) is 36.9 Å². The van der Waals surface area contributed by atoms with Gasteiger partial charge in [-0.2, -0.15) is 0 Å². The van der Waals surface area contributed by atoms with E-state index < -0.39 is 0 Å². The number of likely N-dealkylation sites (tertiary alicyclic amines) is 1. The number of ether oxygens (including phenoxy) is 1. The molecule has 5 nitrogen and oxygen atoms in total. The Labute approximate surface area is 143 Å². The lowest BCUT2D eigenvalue weighted by Gasteiger charge is -2.28. The quantitative estimate of drug-likeness (QED) is 0.746. The van der Waals surface area contributed by atoms with Crippen molar-refractivity contribution in [2.75, 3.05) is 20.2 Å². The number of hydrogen-bond acceptors (Lipinski definition) is 3. The highest BCUT2D eigenvalue weighted by atomic mass is 16.5. The van der Waals surface area contributed by atoms with Gasteiger partial charge in [-0.15, -0.1) is 6.58 Å². The van der Waals surface area contributed by atoms with Crippen LogP contribution in [0, 0.1) is 5.92 Å². The van der Waals surface area contributed by atoms with E-state index in [2.05, 4.69) is 18.8 Å². The highest BCUT2D eigenvalue weighted by Gasteiger charge is 2.43. The number of rotatable bonds is 8. The summed E-state index contributed by atoms with van der Waals surface area (Å²) in [6.07, 6.45) is 3.83. The zero-order valence-electron chi connectivity index (χ0n) is 14.5. The second-order valence-electron chi connectivity index (χ2n) is 6.00. The Morgan fingerprint density at radius 2 is 2.12 bits per heavy atom. The van der Waals surface area contributed by atoms with Crippen LogP contribution in [0.4, 0.5) is 0 Å². The van der Waals surface area contributed by atoms with Gasteiger partial charge in [-0.25, -0.2) is 0 Å². The van der Waals surface area contributed by atoms with Gasteiger partial charge in [0.15, 0.2) is 0 Å². The number of nitrogens with zero attached hydrogens (tertiary/aromatic N) is 1. The average molecular weight is 330 g/mol. The Morgan fingerprint density at radius 3 is 2.71 bits per heavy atom. The Morgan fingerprint density at radius 1 is 1.42 bits per heavy atom. The van der Waals surface area contributed by atoms with Crippen LogP contribution in [0.25, 0.3) is 0 Å². The molecule has 1 fully saturated rings. The van der Waals surface area contributed by atoms with E-state index in [9.17, 15) is 9.59 Å². The van der Waals surface area contributed by atoms with E-state index in [4.69, 9.17) is 4.74 Å². The zero-order chi connectivity index (χ0) is 17.5. The third-order valence-electron chi connectivity index (χ3n) is 4.40. The van der Waals surface area contributed by atoms with Crippen molar-refractivity contribution in [2.24, 2.45) is 5.92 Å². The van der Waals surface area contributed by atoms with E-state index in [1.165, 1.54) is 0 Å². The van der Waals surface area contributed by atoms with Gasteiger partial charge in [0.2, 0.25) is 11.8 Å². The number of hydrogen-bond donors (Lipinski definition) is 1. The zero-order valence-corrected chi connectivity index (χ0v) is 14.5. The number of methoxy groups -OCH3 is 1. The molecule has 0 spiro atoms. The molecule has 0 saturated carbocycles. The van der Waals surface area contributed by atoms with Gasteiger partial charge in [-0.1, -0.05) is 31.6 Å². The first kappa shape index (κ1) is 18.0. The molecular formula is C19H26N2O3. The Balaban J connectivity index is 2.29. The highest BCUT2D eigenvalue weighted by Crippen LogP contribution is 2.39. The number of unbranched alkanes of at least 4 members (excludes halogenated alkanes) is 1. The molecule has 0 aromatic heterocycles. The summed E-state index contributed by atoms with van der Waals surface area (Å²) in [6.45, 7) is 6.80. The van der Waals surface area contributed by atoms with Crippen LogP contribution in [-0.2, 0) is 9.59 Å². The molecule has 1 aromatic carbocycles. The summed E-state index contributed by atoms with van der Waals surface area (Å²) < 4.78 is 5.20. The van der Waals surface area contributed by atoms with E-state index in [-0.39, 0.29) is 30.2 Å². The predicted octanol–water partition coefficient (Wildman–Crippen LogP) is 2.69. The number of carbonyl (C=O) groups excluding carboxylic acids is 2. The van der Waals surface area contributed by atoms with Gasteiger partial charge >= 0.3 is 0 Å². The van der Waals surface area contributed by atoms with Gasteiger partial charge in [-0.3, -0.25) is 9.59 Å². The van der Waals surface area contributed by atoms with Gasteiger partial charge in [0.05, 0.1) is 19.1 Å². The topological polar surface area (TPSA) is 58.6 Å². The molecule has 24 heavy (non-hydrogen) atoms. The molecule has 1 N–H and O–H groups in total. The van der Waals surface area contributed by atoms with E-state index in [1.54, 1.807) is 13.2 Å². The van der Waals surface area contributed by atoms with Crippen LogP contribution in [0.5, 0.6) is 5.75 Å². The molecule has 130 valence electrons. The Kier molecular flexibility index (Phi) is 6.41. The van der Waals surface area contributed by atoms with Crippen molar-refractivity contribution in [2.45, 2.75) is 32.2 Å². The van der Waals surface area contributed by atoms with Crippen LogP contribution in [0.15, 0.2) is 36.9 Å². The Bertz CT molecular complexity index is 583. The molecule has 0 radical (unpaired) electrons. The maximum atomic E-state index is 12.5. The van der Waals surface area contributed by atoms with Crippen LogP contribution in [0.3, 0.4) is 0 Å². The third-order valence-corrected chi connectivity index (χ3v) is 4.40. The fourth-order valence-corrected chi connectivity index (χ4v) is 3.13. The minimum atomic E-state index is -0.372. The number of nitrogens with one attached hydrogen (secondary N) is 1. The molecule has 0 aliphatic carbocycles. The largest absolute Gasteiger partial charge is 0.497 e. The minimum absolute atomic E-state index is 0.0445. The molecule has 5 heteroatoms. The van der Waals surface area contributed by atoms with Crippen LogP contribution in [0.2, 0.25) is 0 Å². The average Bonchev–Trinajstić information content (AvgIpc) is 2.94. The van der Waals surface area contributed by atoms with Crippen molar-refractivity contribution in [1.82, 2.24) is 10.2 Å².